The molecule has 0 heterocycles. The lowest BCUT2D eigenvalue weighted by Gasteiger charge is -2.07. The summed E-state index contributed by atoms with van der Waals surface area (Å²) in [4.78, 5) is 0. The van der Waals surface area contributed by atoms with Crippen molar-refractivity contribution < 1.29 is 4.74 Å². The van der Waals surface area contributed by atoms with Crippen LogP contribution < -0.4 is 10.1 Å². The molecule has 0 radical (unpaired) electrons. The van der Waals surface area contributed by atoms with Crippen LogP contribution in [-0.2, 0) is 6.54 Å². The fourth-order valence-electron chi connectivity index (χ4n) is 1.37. The Morgan fingerprint density at radius 3 is 2.86 bits per heavy atom. The van der Waals surface area contributed by atoms with Crippen LogP contribution in [0, 0.1) is 6.92 Å². The minimum atomic E-state index is 0.838. The first kappa shape index (κ1) is 10.8. The Morgan fingerprint density at radius 1 is 1.50 bits per heavy atom. The molecular formula is C12H17NO. The zero-order valence-electron chi connectivity index (χ0n) is 8.84. The van der Waals surface area contributed by atoms with Gasteiger partial charge in [-0.2, -0.15) is 0 Å². The molecule has 0 fully saturated rings. The van der Waals surface area contributed by atoms with Crippen molar-refractivity contribution in [3.8, 4) is 5.75 Å². The van der Waals surface area contributed by atoms with Gasteiger partial charge in [0, 0.05) is 13.1 Å². The maximum atomic E-state index is 5.19. The van der Waals surface area contributed by atoms with Crippen LogP contribution >= 0.6 is 0 Å². The molecule has 0 amide bonds. The quantitative estimate of drug-likeness (QED) is 0.569. The van der Waals surface area contributed by atoms with Crippen molar-refractivity contribution in [1.82, 2.24) is 5.32 Å². The Labute approximate surface area is 85.6 Å². The van der Waals surface area contributed by atoms with E-state index < -0.39 is 0 Å². The maximum absolute atomic E-state index is 5.19. The van der Waals surface area contributed by atoms with Gasteiger partial charge in [-0.15, -0.1) is 6.58 Å². The average molecular weight is 191 g/mol. The molecule has 0 saturated carbocycles. The molecule has 0 atom stereocenters. The normalized spacial score (nSPS) is 9.86. The van der Waals surface area contributed by atoms with Gasteiger partial charge in [-0.1, -0.05) is 18.2 Å². The molecule has 0 saturated heterocycles. The van der Waals surface area contributed by atoms with Crippen molar-refractivity contribution in [2.24, 2.45) is 0 Å². The van der Waals surface area contributed by atoms with Gasteiger partial charge in [0.2, 0.25) is 0 Å². The molecule has 2 heteroatoms. The first-order valence-corrected chi connectivity index (χ1v) is 4.73. The molecular weight excluding hydrogens is 174 g/mol. The number of methoxy groups -OCH3 is 1. The summed E-state index contributed by atoms with van der Waals surface area (Å²) in [7, 11) is 1.69. The number of hydrogen-bond donors (Lipinski definition) is 1. The number of nitrogens with one attached hydrogen (secondary N) is 1. The third-order valence-electron chi connectivity index (χ3n) is 2.08. The summed E-state index contributed by atoms with van der Waals surface area (Å²) >= 11 is 0. The summed E-state index contributed by atoms with van der Waals surface area (Å²) in [6, 6.07) is 6.21. The molecule has 0 aliphatic rings. The van der Waals surface area contributed by atoms with Gasteiger partial charge in [0.15, 0.2) is 0 Å². The number of aryl methyl sites for hydroxylation is 1. The second-order valence-corrected chi connectivity index (χ2v) is 3.22. The van der Waals surface area contributed by atoms with E-state index >= 15 is 0 Å². The Balaban J connectivity index is 2.61. The topological polar surface area (TPSA) is 21.3 Å². The van der Waals surface area contributed by atoms with E-state index in [9.17, 15) is 0 Å². The van der Waals surface area contributed by atoms with Gasteiger partial charge >= 0.3 is 0 Å². The monoisotopic (exact) mass is 191 g/mol. The van der Waals surface area contributed by atoms with E-state index in [0.717, 1.165) is 18.8 Å². The van der Waals surface area contributed by atoms with E-state index in [2.05, 4.69) is 31.0 Å². The van der Waals surface area contributed by atoms with Gasteiger partial charge in [0.05, 0.1) is 7.11 Å². The molecule has 0 aromatic heterocycles. The molecule has 2 nitrogen and oxygen atoms in total. The molecule has 1 aromatic rings. The molecule has 1 aromatic carbocycles. The summed E-state index contributed by atoms with van der Waals surface area (Å²) in [6.45, 7) is 7.42. The first-order chi connectivity index (χ1) is 6.77. The molecule has 0 bridgehead atoms. The van der Waals surface area contributed by atoms with Gasteiger partial charge in [0.1, 0.15) is 5.75 Å². The summed E-state index contributed by atoms with van der Waals surface area (Å²) in [5.41, 5.74) is 2.44. The average Bonchev–Trinajstić information content (AvgIpc) is 2.18. The molecule has 0 aliphatic carbocycles. The van der Waals surface area contributed by atoms with Crippen LogP contribution in [0.4, 0.5) is 0 Å². The molecule has 1 N–H and O–H groups in total. The van der Waals surface area contributed by atoms with E-state index in [0.29, 0.717) is 0 Å². The van der Waals surface area contributed by atoms with Crippen molar-refractivity contribution in [3.63, 3.8) is 0 Å². The van der Waals surface area contributed by atoms with E-state index in [1.807, 2.05) is 12.1 Å². The standard InChI is InChI=1S/C12H17NO/c1-4-7-13-9-11-5-6-12(14-3)10(2)8-11/h4-6,8,13H,1,7,9H2,2-3H3. The summed E-state index contributed by atoms with van der Waals surface area (Å²) in [5, 5.41) is 3.26. The number of benzene rings is 1. The van der Waals surface area contributed by atoms with E-state index in [1.165, 1.54) is 11.1 Å². The van der Waals surface area contributed by atoms with E-state index in [4.69, 9.17) is 4.74 Å². The van der Waals surface area contributed by atoms with Gasteiger partial charge in [-0.25, -0.2) is 0 Å². The lowest BCUT2D eigenvalue weighted by atomic mass is 10.1. The van der Waals surface area contributed by atoms with Crippen molar-refractivity contribution in [2.75, 3.05) is 13.7 Å². The van der Waals surface area contributed by atoms with Gasteiger partial charge in [-0.3, -0.25) is 0 Å². The highest BCUT2D eigenvalue weighted by Gasteiger charge is 1.98. The molecule has 0 unspecified atom stereocenters. The summed E-state index contributed by atoms with van der Waals surface area (Å²) in [5.74, 6) is 0.942. The Bertz CT molecular complexity index is 307. The van der Waals surface area contributed by atoms with Crippen LogP contribution in [0.3, 0.4) is 0 Å². The highest BCUT2D eigenvalue weighted by atomic mass is 16.5. The van der Waals surface area contributed by atoms with Crippen molar-refractivity contribution in [2.45, 2.75) is 13.5 Å². The van der Waals surface area contributed by atoms with Gasteiger partial charge in [0.25, 0.3) is 0 Å². The predicted octanol–water partition coefficient (Wildman–Crippen LogP) is 2.28. The Morgan fingerprint density at radius 2 is 2.29 bits per heavy atom. The summed E-state index contributed by atoms with van der Waals surface area (Å²) in [6.07, 6.45) is 1.86. The minimum absolute atomic E-state index is 0.838. The smallest absolute Gasteiger partial charge is 0.121 e. The molecule has 0 spiro atoms. The van der Waals surface area contributed by atoms with Crippen LogP contribution in [0.2, 0.25) is 0 Å². The number of ether oxygens (including phenoxy) is 1. The third kappa shape index (κ3) is 2.89. The van der Waals surface area contributed by atoms with Crippen LogP contribution in [0.15, 0.2) is 30.9 Å². The third-order valence-corrected chi connectivity index (χ3v) is 2.08. The molecule has 14 heavy (non-hydrogen) atoms. The van der Waals surface area contributed by atoms with Crippen LogP contribution in [0.5, 0.6) is 5.75 Å². The number of hydrogen-bond acceptors (Lipinski definition) is 2. The van der Waals surface area contributed by atoms with Crippen LogP contribution in [0.25, 0.3) is 0 Å². The Kier molecular flexibility index (Phi) is 4.20. The second kappa shape index (κ2) is 5.45. The van der Waals surface area contributed by atoms with Crippen molar-refractivity contribution in [3.05, 3.63) is 42.0 Å². The maximum Gasteiger partial charge on any atom is 0.121 e. The summed E-state index contributed by atoms with van der Waals surface area (Å²) < 4.78 is 5.19. The van der Waals surface area contributed by atoms with Crippen LogP contribution in [-0.4, -0.2) is 13.7 Å². The predicted molar refractivity (Wildman–Crippen MR) is 59.6 cm³/mol. The fraction of sp³-hybridized carbons (Fsp3) is 0.333. The SMILES string of the molecule is C=CCNCc1ccc(OC)c(C)c1. The van der Waals surface area contributed by atoms with Crippen molar-refractivity contribution in [1.29, 1.82) is 0 Å². The number of rotatable bonds is 5. The lowest BCUT2D eigenvalue weighted by molar-refractivity contribution is 0.411. The largest absolute Gasteiger partial charge is 0.496 e. The Hall–Kier alpha value is -1.28. The molecule has 1 rings (SSSR count). The zero-order valence-corrected chi connectivity index (χ0v) is 8.84. The van der Waals surface area contributed by atoms with Crippen molar-refractivity contribution >= 4 is 0 Å². The fourth-order valence-corrected chi connectivity index (χ4v) is 1.37. The molecule has 76 valence electrons. The van der Waals surface area contributed by atoms with Crippen LogP contribution in [0.1, 0.15) is 11.1 Å². The van der Waals surface area contributed by atoms with Gasteiger partial charge in [-0.05, 0) is 24.1 Å². The second-order valence-electron chi connectivity index (χ2n) is 3.22. The zero-order chi connectivity index (χ0) is 10.4. The molecule has 0 aliphatic heterocycles. The first-order valence-electron chi connectivity index (χ1n) is 4.73. The minimum Gasteiger partial charge on any atom is -0.496 e. The van der Waals surface area contributed by atoms with Gasteiger partial charge < -0.3 is 10.1 Å². The highest BCUT2D eigenvalue weighted by Crippen LogP contribution is 2.18. The van der Waals surface area contributed by atoms with E-state index in [1.54, 1.807) is 7.11 Å². The highest BCUT2D eigenvalue weighted by molar-refractivity contribution is 5.36. The lowest BCUT2D eigenvalue weighted by Crippen LogP contribution is -2.12. The van der Waals surface area contributed by atoms with E-state index in [-0.39, 0.29) is 0 Å².